The van der Waals surface area contributed by atoms with Gasteiger partial charge in [-0.15, -0.1) is 0 Å². The van der Waals surface area contributed by atoms with Crippen molar-refractivity contribution < 1.29 is 0 Å². The van der Waals surface area contributed by atoms with Gasteiger partial charge in [0.2, 0.25) is 0 Å². The van der Waals surface area contributed by atoms with E-state index in [1.54, 1.807) is 11.6 Å². The first-order chi connectivity index (χ1) is 15.7. The maximum Gasteiger partial charge on any atom is 0.253 e. The maximum absolute atomic E-state index is 11.3. The third-order valence-corrected chi connectivity index (χ3v) is 7.01. The van der Waals surface area contributed by atoms with Crippen LogP contribution in [-0.2, 0) is 13.6 Å². The molecule has 1 aromatic heterocycles. The fraction of sp³-hybridized carbons (Fsp3) is 0.621. The second kappa shape index (κ2) is 12.5. The number of hydrogen-bond acceptors (Lipinski definition) is 3. The van der Waals surface area contributed by atoms with Crippen molar-refractivity contribution in [3.63, 3.8) is 0 Å². The van der Waals surface area contributed by atoms with Gasteiger partial charge in [-0.3, -0.25) is 9.69 Å². The Bertz CT molecular complexity index is 938. The standard InChI is InChI=1S/C14H20N2.C9H13NO.C4H8.C2H6/c1-12-4-2-3-5-13(12)10-16-9-8-15-14(11-16)6-7-14;1-6-5-10(4)9(11)8(3)7(6)2;1-4-2-3-4;1-2/h2-5,15H,6-11H2,1H3;5H,1-4H3;4H,2-3H2,1H3;1-2H3. The second-order valence-corrected chi connectivity index (χ2v) is 10.0. The van der Waals surface area contributed by atoms with Gasteiger partial charge in [0.05, 0.1) is 0 Å². The lowest BCUT2D eigenvalue weighted by molar-refractivity contribution is 0.182. The van der Waals surface area contributed by atoms with Crippen LogP contribution in [0, 0.1) is 33.6 Å². The molecule has 2 saturated carbocycles. The van der Waals surface area contributed by atoms with E-state index in [1.165, 1.54) is 55.5 Å². The van der Waals surface area contributed by atoms with E-state index in [-0.39, 0.29) is 5.56 Å². The Morgan fingerprint density at radius 3 is 2.15 bits per heavy atom. The van der Waals surface area contributed by atoms with Gasteiger partial charge in [-0.05, 0) is 68.7 Å². The molecule has 3 aliphatic rings. The van der Waals surface area contributed by atoms with E-state index >= 15 is 0 Å². The molecule has 1 saturated heterocycles. The monoisotopic (exact) mass is 453 g/mol. The molecule has 184 valence electrons. The molecule has 4 nitrogen and oxygen atoms in total. The summed E-state index contributed by atoms with van der Waals surface area (Å²) in [6, 6.07) is 8.75. The number of nitrogens with one attached hydrogen (secondary N) is 1. The van der Waals surface area contributed by atoms with Crippen molar-refractivity contribution in [2.75, 3.05) is 19.6 Å². The highest BCUT2D eigenvalue weighted by Crippen LogP contribution is 2.37. The Kier molecular flexibility index (Phi) is 10.4. The summed E-state index contributed by atoms with van der Waals surface area (Å²) < 4.78 is 1.62. The van der Waals surface area contributed by atoms with Gasteiger partial charge in [-0.1, -0.05) is 57.9 Å². The average molecular weight is 454 g/mol. The van der Waals surface area contributed by atoms with Crippen molar-refractivity contribution in [2.24, 2.45) is 13.0 Å². The zero-order valence-electron chi connectivity index (χ0n) is 22.4. The summed E-state index contributed by atoms with van der Waals surface area (Å²) in [5.41, 5.74) is 6.64. The number of hydrogen-bond donors (Lipinski definition) is 1. The first-order valence-electron chi connectivity index (χ1n) is 12.9. The average Bonchev–Trinajstić information content (AvgIpc) is 3.75. The third kappa shape index (κ3) is 8.42. The maximum atomic E-state index is 11.3. The van der Waals surface area contributed by atoms with Crippen molar-refractivity contribution in [2.45, 2.75) is 86.2 Å². The summed E-state index contributed by atoms with van der Waals surface area (Å²) in [7, 11) is 1.78. The summed E-state index contributed by atoms with van der Waals surface area (Å²) in [5, 5.41) is 3.66. The number of aryl methyl sites for hydroxylation is 3. The normalized spacial score (nSPS) is 18.2. The molecule has 33 heavy (non-hydrogen) atoms. The van der Waals surface area contributed by atoms with Crippen LogP contribution in [0.4, 0.5) is 0 Å². The summed E-state index contributed by atoms with van der Waals surface area (Å²) in [4.78, 5) is 13.9. The van der Waals surface area contributed by atoms with Crippen molar-refractivity contribution in [1.82, 2.24) is 14.8 Å². The van der Waals surface area contributed by atoms with Gasteiger partial charge in [0.25, 0.3) is 5.56 Å². The number of nitrogens with zero attached hydrogens (tertiary/aromatic N) is 2. The Hall–Kier alpha value is -1.91. The van der Waals surface area contributed by atoms with Crippen molar-refractivity contribution in [3.8, 4) is 0 Å². The van der Waals surface area contributed by atoms with Gasteiger partial charge in [-0.2, -0.15) is 0 Å². The molecule has 1 aliphatic heterocycles. The number of rotatable bonds is 2. The fourth-order valence-electron chi connectivity index (χ4n) is 4.02. The molecule has 2 heterocycles. The third-order valence-electron chi connectivity index (χ3n) is 7.01. The molecule has 2 aliphatic carbocycles. The molecule has 3 fully saturated rings. The predicted molar refractivity (Wildman–Crippen MR) is 142 cm³/mol. The van der Waals surface area contributed by atoms with Crippen LogP contribution < -0.4 is 10.9 Å². The Morgan fingerprint density at radius 2 is 1.61 bits per heavy atom. The van der Waals surface area contributed by atoms with E-state index in [0.29, 0.717) is 5.54 Å². The van der Waals surface area contributed by atoms with Crippen LogP contribution in [0.15, 0.2) is 35.3 Å². The molecule has 1 spiro atoms. The van der Waals surface area contributed by atoms with E-state index in [0.717, 1.165) is 30.1 Å². The second-order valence-electron chi connectivity index (χ2n) is 10.0. The summed E-state index contributed by atoms with van der Waals surface area (Å²) >= 11 is 0. The highest BCUT2D eigenvalue weighted by molar-refractivity contribution is 5.28. The highest BCUT2D eigenvalue weighted by atomic mass is 16.1. The molecule has 1 aromatic carbocycles. The summed E-state index contributed by atoms with van der Waals surface area (Å²) in [6.45, 7) is 19.1. The number of pyridine rings is 1. The Morgan fingerprint density at radius 1 is 1.00 bits per heavy atom. The van der Waals surface area contributed by atoms with Crippen molar-refractivity contribution in [3.05, 3.63) is 68.6 Å². The SMILES string of the molecule is CC.CC1CC1.Cc1ccccc1CN1CCNC2(CC2)C1.Cc1cn(C)c(=O)c(C)c1C. The first-order valence-corrected chi connectivity index (χ1v) is 12.9. The lowest BCUT2D eigenvalue weighted by Gasteiger charge is -2.34. The zero-order chi connectivity index (χ0) is 24.6. The van der Waals surface area contributed by atoms with Gasteiger partial charge in [0.15, 0.2) is 0 Å². The van der Waals surface area contributed by atoms with Gasteiger partial charge in [-0.25, -0.2) is 0 Å². The Labute approximate surface area is 202 Å². The number of aromatic nitrogens is 1. The van der Waals surface area contributed by atoms with Gasteiger partial charge in [0, 0.05) is 50.5 Å². The minimum absolute atomic E-state index is 0.105. The van der Waals surface area contributed by atoms with E-state index in [4.69, 9.17) is 0 Å². The van der Waals surface area contributed by atoms with Crippen LogP contribution in [0.1, 0.15) is 74.3 Å². The molecule has 2 aromatic rings. The van der Waals surface area contributed by atoms with Gasteiger partial charge >= 0.3 is 0 Å². The molecule has 0 atom stereocenters. The molecule has 0 radical (unpaired) electrons. The van der Waals surface area contributed by atoms with E-state index in [9.17, 15) is 4.79 Å². The van der Waals surface area contributed by atoms with Crippen LogP contribution in [0.2, 0.25) is 0 Å². The van der Waals surface area contributed by atoms with Crippen LogP contribution in [0.25, 0.3) is 0 Å². The summed E-state index contributed by atoms with van der Waals surface area (Å²) in [5.74, 6) is 1.08. The van der Waals surface area contributed by atoms with Crippen LogP contribution in [0.5, 0.6) is 0 Å². The molecule has 0 bridgehead atoms. The first kappa shape index (κ1) is 27.3. The minimum atomic E-state index is 0.105. The van der Waals surface area contributed by atoms with E-state index in [1.807, 2.05) is 40.8 Å². The molecule has 0 amide bonds. The topological polar surface area (TPSA) is 37.3 Å². The van der Waals surface area contributed by atoms with Crippen LogP contribution in [0.3, 0.4) is 0 Å². The molecule has 0 unspecified atom stereocenters. The number of piperazine rings is 1. The van der Waals surface area contributed by atoms with E-state index < -0.39 is 0 Å². The molecule has 5 rings (SSSR count). The van der Waals surface area contributed by atoms with Gasteiger partial charge < -0.3 is 9.88 Å². The largest absolute Gasteiger partial charge is 0.318 e. The lowest BCUT2D eigenvalue weighted by atomic mass is 10.1. The number of benzene rings is 1. The highest BCUT2D eigenvalue weighted by Gasteiger charge is 2.45. The molecule has 1 N–H and O–H groups in total. The van der Waals surface area contributed by atoms with Crippen molar-refractivity contribution >= 4 is 0 Å². The fourth-order valence-corrected chi connectivity index (χ4v) is 4.02. The Balaban J connectivity index is 0.000000196. The zero-order valence-corrected chi connectivity index (χ0v) is 22.4. The van der Waals surface area contributed by atoms with Crippen LogP contribution in [-0.4, -0.2) is 34.6 Å². The van der Waals surface area contributed by atoms with Crippen LogP contribution >= 0.6 is 0 Å². The van der Waals surface area contributed by atoms with Crippen molar-refractivity contribution in [1.29, 1.82) is 0 Å². The lowest BCUT2D eigenvalue weighted by Crippen LogP contribution is -2.51. The summed E-state index contributed by atoms with van der Waals surface area (Å²) in [6.07, 6.45) is 7.58. The quantitative estimate of drug-likeness (QED) is 0.635. The van der Waals surface area contributed by atoms with Gasteiger partial charge in [0.1, 0.15) is 0 Å². The molecular formula is C29H47N3O. The predicted octanol–water partition coefficient (Wildman–Crippen LogP) is 5.69. The minimum Gasteiger partial charge on any atom is -0.318 e. The molecule has 4 heteroatoms. The smallest absolute Gasteiger partial charge is 0.253 e. The van der Waals surface area contributed by atoms with E-state index in [2.05, 4.69) is 48.3 Å². The molecular weight excluding hydrogens is 406 g/mol.